The average Bonchev–Trinajstić information content (AvgIpc) is 2.65. The van der Waals surface area contributed by atoms with Crippen molar-refractivity contribution in [2.24, 2.45) is 0 Å². The summed E-state index contributed by atoms with van der Waals surface area (Å²) in [5.74, 6) is -1.10. The largest absolute Gasteiger partial charge is 0.478 e. The van der Waals surface area contributed by atoms with Crippen LogP contribution in [0.4, 0.5) is 5.69 Å². The van der Waals surface area contributed by atoms with E-state index in [-0.39, 0.29) is 22.5 Å². The van der Waals surface area contributed by atoms with E-state index in [1.807, 2.05) is 24.3 Å². The molecular weight excluding hydrogens is 332 g/mol. The molecule has 1 heterocycles. The number of fused-ring (bicyclic) bond motifs is 2. The second-order valence-electron chi connectivity index (χ2n) is 5.85. The van der Waals surface area contributed by atoms with Crippen molar-refractivity contribution in [3.05, 3.63) is 82.4 Å². The first kappa shape index (κ1) is 15.7. The Hall–Kier alpha value is -3.80. The van der Waals surface area contributed by atoms with Gasteiger partial charge in [0.05, 0.1) is 27.3 Å². The van der Waals surface area contributed by atoms with Crippen LogP contribution in [-0.2, 0) is 0 Å². The van der Waals surface area contributed by atoms with Crippen LogP contribution in [0.15, 0.2) is 66.7 Å². The molecule has 0 amide bonds. The van der Waals surface area contributed by atoms with Crippen molar-refractivity contribution in [1.82, 2.24) is 4.98 Å². The van der Waals surface area contributed by atoms with Crippen molar-refractivity contribution in [3.8, 4) is 11.3 Å². The van der Waals surface area contributed by atoms with E-state index in [0.29, 0.717) is 10.9 Å². The number of nitro groups is 1. The Labute approximate surface area is 147 Å². The van der Waals surface area contributed by atoms with Crippen molar-refractivity contribution in [1.29, 1.82) is 0 Å². The van der Waals surface area contributed by atoms with Crippen LogP contribution in [0.2, 0.25) is 0 Å². The van der Waals surface area contributed by atoms with E-state index in [1.165, 1.54) is 12.1 Å². The zero-order valence-corrected chi connectivity index (χ0v) is 13.4. The highest BCUT2D eigenvalue weighted by Gasteiger charge is 2.19. The SMILES string of the molecule is O=C(O)c1cc(-c2ccccc2[N+](=O)[O-])nc2cc3ccccc3cc12. The van der Waals surface area contributed by atoms with Crippen molar-refractivity contribution in [2.75, 3.05) is 0 Å². The highest BCUT2D eigenvalue weighted by atomic mass is 16.6. The maximum atomic E-state index is 11.8. The smallest absolute Gasteiger partial charge is 0.336 e. The summed E-state index contributed by atoms with van der Waals surface area (Å²) in [6, 6.07) is 18.7. The molecule has 4 rings (SSSR count). The minimum atomic E-state index is -1.10. The number of pyridine rings is 1. The van der Waals surface area contributed by atoms with Crippen molar-refractivity contribution >= 4 is 33.3 Å². The van der Waals surface area contributed by atoms with Crippen LogP contribution in [0.3, 0.4) is 0 Å². The van der Waals surface area contributed by atoms with E-state index >= 15 is 0 Å². The minimum Gasteiger partial charge on any atom is -0.478 e. The number of carbonyl (C=O) groups is 1. The van der Waals surface area contributed by atoms with Crippen LogP contribution in [0, 0.1) is 10.1 Å². The number of para-hydroxylation sites is 1. The molecule has 26 heavy (non-hydrogen) atoms. The second-order valence-corrected chi connectivity index (χ2v) is 5.85. The number of aromatic carboxylic acids is 1. The van der Waals surface area contributed by atoms with Gasteiger partial charge in [-0.1, -0.05) is 36.4 Å². The topological polar surface area (TPSA) is 93.3 Å². The monoisotopic (exact) mass is 344 g/mol. The number of carboxylic acids is 1. The van der Waals surface area contributed by atoms with E-state index in [1.54, 1.807) is 30.3 Å². The third-order valence-electron chi connectivity index (χ3n) is 4.28. The lowest BCUT2D eigenvalue weighted by Crippen LogP contribution is -2.01. The lowest BCUT2D eigenvalue weighted by Gasteiger charge is -2.09. The molecule has 6 nitrogen and oxygen atoms in total. The summed E-state index contributed by atoms with van der Waals surface area (Å²) in [5.41, 5.74) is 0.981. The first-order valence-electron chi connectivity index (χ1n) is 7.85. The van der Waals surface area contributed by atoms with Gasteiger partial charge in [-0.25, -0.2) is 9.78 Å². The molecule has 0 aliphatic heterocycles. The zero-order valence-electron chi connectivity index (χ0n) is 13.4. The lowest BCUT2D eigenvalue weighted by atomic mass is 10.00. The van der Waals surface area contributed by atoms with Gasteiger partial charge in [0.1, 0.15) is 0 Å². The Morgan fingerprint density at radius 3 is 2.31 bits per heavy atom. The molecule has 0 saturated heterocycles. The van der Waals surface area contributed by atoms with Crippen molar-refractivity contribution in [3.63, 3.8) is 0 Å². The first-order valence-corrected chi connectivity index (χ1v) is 7.85. The summed E-state index contributed by atoms with van der Waals surface area (Å²) in [5, 5.41) is 23.3. The summed E-state index contributed by atoms with van der Waals surface area (Å²) in [6.07, 6.45) is 0. The predicted molar refractivity (Wildman–Crippen MR) is 98.3 cm³/mol. The molecule has 4 aromatic rings. The zero-order chi connectivity index (χ0) is 18.3. The van der Waals surface area contributed by atoms with Gasteiger partial charge in [0, 0.05) is 11.5 Å². The standard InChI is InChI=1S/C20H12N2O4/c23-20(24)16-11-18(14-7-3-4-8-19(14)22(25)26)21-17-10-13-6-2-1-5-12(13)9-15(16)17/h1-11H,(H,23,24). The summed E-state index contributed by atoms with van der Waals surface area (Å²) in [7, 11) is 0. The second kappa shape index (κ2) is 5.93. The highest BCUT2D eigenvalue weighted by molar-refractivity contribution is 6.08. The van der Waals surface area contributed by atoms with E-state index in [9.17, 15) is 20.0 Å². The molecule has 0 atom stereocenters. The molecule has 0 aliphatic carbocycles. The number of aromatic nitrogens is 1. The number of nitro benzene ring substituents is 1. The normalized spacial score (nSPS) is 10.9. The first-order chi connectivity index (χ1) is 12.5. The average molecular weight is 344 g/mol. The number of benzene rings is 3. The van der Waals surface area contributed by atoms with Gasteiger partial charge >= 0.3 is 5.97 Å². The summed E-state index contributed by atoms with van der Waals surface area (Å²) in [6.45, 7) is 0. The molecule has 1 N–H and O–H groups in total. The third-order valence-corrected chi connectivity index (χ3v) is 4.28. The fourth-order valence-electron chi connectivity index (χ4n) is 3.08. The summed E-state index contributed by atoms with van der Waals surface area (Å²) < 4.78 is 0. The number of rotatable bonds is 3. The molecule has 3 aromatic carbocycles. The van der Waals surface area contributed by atoms with Gasteiger partial charge in [-0.2, -0.15) is 0 Å². The maximum absolute atomic E-state index is 11.8. The predicted octanol–water partition coefficient (Wildman–Crippen LogP) is 4.66. The number of carboxylic acid groups (broad SMARTS) is 1. The molecule has 6 heteroatoms. The van der Waals surface area contributed by atoms with Gasteiger partial charge in [0.25, 0.3) is 5.69 Å². The van der Waals surface area contributed by atoms with Crippen LogP contribution >= 0.6 is 0 Å². The van der Waals surface area contributed by atoms with Gasteiger partial charge in [0.15, 0.2) is 0 Å². The maximum Gasteiger partial charge on any atom is 0.336 e. The van der Waals surface area contributed by atoms with E-state index < -0.39 is 10.9 Å². The fraction of sp³-hybridized carbons (Fsp3) is 0. The van der Waals surface area contributed by atoms with E-state index in [2.05, 4.69) is 4.98 Å². The molecule has 0 radical (unpaired) electrons. The number of hydrogen-bond acceptors (Lipinski definition) is 4. The molecule has 126 valence electrons. The Bertz CT molecular complexity index is 1200. The Kier molecular flexibility index (Phi) is 3.58. The lowest BCUT2D eigenvalue weighted by molar-refractivity contribution is -0.384. The van der Waals surface area contributed by atoms with E-state index in [4.69, 9.17) is 0 Å². The highest BCUT2D eigenvalue weighted by Crippen LogP contribution is 2.32. The van der Waals surface area contributed by atoms with Crippen molar-refractivity contribution < 1.29 is 14.8 Å². The third kappa shape index (κ3) is 2.53. The molecule has 0 aliphatic rings. The van der Waals surface area contributed by atoms with Crippen LogP contribution in [0.1, 0.15) is 10.4 Å². The Balaban J connectivity index is 2.08. The molecule has 0 spiro atoms. The van der Waals surface area contributed by atoms with Crippen LogP contribution in [0.25, 0.3) is 32.9 Å². The minimum absolute atomic E-state index is 0.0638. The number of nitrogens with zero attached hydrogens (tertiary/aromatic N) is 2. The van der Waals surface area contributed by atoms with Crippen LogP contribution in [0.5, 0.6) is 0 Å². The van der Waals surface area contributed by atoms with Crippen LogP contribution in [-0.4, -0.2) is 21.0 Å². The molecular formula is C20H12N2O4. The van der Waals surface area contributed by atoms with Crippen LogP contribution < -0.4 is 0 Å². The molecule has 0 unspecified atom stereocenters. The molecule has 0 bridgehead atoms. The quantitative estimate of drug-likeness (QED) is 0.331. The van der Waals surface area contributed by atoms with E-state index in [0.717, 1.165) is 10.8 Å². The van der Waals surface area contributed by atoms with Gasteiger partial charge < -0.3 is 5.11 Å². The van der Waals surface area contributed by atoms with Gasteiger partial charge in [0.2, 0.25) is 0 Å². The molecule has 1 aromatic heterocycles. The van der Waals surface area contributed by atoms with Crippen molar-refractivity contribution in [2.45, 2.75) is 0 Å². The van der Waals surface area contributed by atoms with Gasteiger partial charge in [-0.05, 0) is 35.0 Å². The molecule has 0 fully saturated rings. The van der Waals surface area contributed by atoms with Gasteiger partial charge in [-0.3, -0.25) is 10.1 Å². The molecule has 0 saturated carbocycles. The number of hydrogen-bond donors (Lipinski definition) is 1. The fourth-order valence-corrected chi connectivity index (χ4v) is 3.08. The Morgan fingerprint density at radius 2 is 1.62 bits per heavy atom. The Morgan fingerprint density at radius 1 is 0.962 bits per heavy atom. The summed E-state index contributed by atoms with van der Waals surface area (Å²) in [4.78, 5) is 27.1. The summed E-state index contributed by atoms with van der Waals surface area (Å²) >= 11 is 0. The van der Waals surface area contributed by atoms with Gasteiger partial charge in [-0.15, -0.1) is 0 Å².